The summed E-state index contributed by atoms with van der Waals surface area (Å²) in [5, 5.41) is 9.34. The lowest BCUT2D eigenvalue weighted by Crippen LogP contribution is -2.32. The van der Waals surface area contributed by atoms with Gasteiger partial charge in [-0.15, -0.1) is 0 Å². The van der Waals surface area contributed by atoms with Gasteiger partial charge in [0.2, 0.25) is 5.95 Å². The van der Waals surface area contributed by atoms with Crippen LogP contribution in [0.1, 0.15) is 58.9 Å². The van der Waals surface area contributed by atoms with Crippen molar-refractivity contribution in [2.24, 2.45) is 0 Å². The predicted molar refractivity (Wildman–Crippen MR) is 181 cm³/mol. The van der Waals surface area contributed by atoms with Crippen molar-refractivity contribution in [2.75, 3.05) is 42.8 Å². The first-order valence-corrected chi connectivity index (χ1v) is 15.2. The van der Waals surface area contributed by atoms with Crippen molar-refractivity contribution in [3.8, 4) is 5.75 Å². The summed E-state index contributed by atoms with van der Waals surface area (Å²) in [6, 6.07) is 21.2. The summed E-state index contributed by atoms with van der Waals surface area (Å²) in [5.41, 5.74) is 5.76. The van der Waals surface area contributed by atoms with Crippen molar-refractivity contribution in [3.05, 3.63) is 106 Å². The molecule has 2 heterocycles. The normalized spacial score (nSPS) is 13.1. The van der Waals surface area contributed by atoms with E-state index in [9.17, 15) is 9.59 Å². The number of nitrogens with zero attached hydrogens (tertiary/aromatic N) is 3. The number of nitrogens with one attached hydrogen (secondary N) is 3. The lowest BCUT2D eigenvalue weighted by atomic mass is 9.88. The Morgan fingerprint density at radius 2 is 1.76 bits per heavy atom. The number of allylic oxidation sites excluding steroid dienone is 2. The highest BCUT2D eigenvalue weighted by Crippen LogP contribution is 2.36. The quantitative estimate of drug-likeness (QED) is 0.123. The minimum atomic E-state index is -0.225. The summed E-state index contributed by atoms with van der Waals surface area (Å²) in [6.07, 6.45) is 5.16. The molecule has 0 spiro atoms. The van der Waals surface area contributed by atoms with E-state index in [4.69, 9.17) is 16.3 Å². The Morgan fingerprint density at radius 1 is 0.978 bits per heavy atom. The van der Waals surface area contributed by atoms with E-state index < -0.39 is 0 Å². The van der Waals surface area contributed by atoms with Crippen LogP contribution in [0.25, 0.3) is 0 Å². The third kappa shape index (κ3) is 7.61. The average molecular weight is 625 g/mol. The minimum Gasteiger partial charge on any atom is -0.494 e. The second-order valence-corrected chi connectivity index (χ2v) is 11.5. The van der Waals surface area contributed by atoms with Crippen LogP contribution in [0.15, 0.2) is 84.6 Å². The molecule has 0 atom stereocenters. The van der Waals surface area contributed by atoms with Crippen LogP contribution in [0.3, 0.4) is 0 Å². The van der Waals surface area contributed by atoms with Crippen LogP contribution in [0.2, 0.25) is 5.02 Å². The summed E-state index contributed by atoms with van der Waals surface area (Å²) in [4.78, 5) is 36.1. The fraction of sp³-hybridized carbons (Fsp3) is 0.257. The molecule has 5 rings (SSSR count). The van der Waals surface area contributed by atoms with E-state index in [1.54, 1.807) is 38.4 Å². The molecule has 1 aliphatic heterocycles. The largest absolute Gasteiger partial charge is 0.494 e. The summed E-state index contributed by atoms with van der Waals surface area (Å²) in [6.45, 7) is 5.65. The van der Waals surface area contributed by atoms with E-state index in [0.29, 0.717) is 45.4 Å². The maximum absolute atomic E-state index is 12.5. The number of piperidine rings is 1. The van der Waals surface area contributed by atoms with Crippen LogP contribution in [-0.2, 0) is 0 Å². The SMILES string of the molecule is CNC(=O)c1ccccc1Nc1nc(Nc2ccc(N3CCC(c4cccc(C(=O)C=C(C)C)c4)CC3)cc2OC)ncc1Cl. The zero-order valence-corrected chi connectivity index (χ0v) is 26.6. The Balaban J connectivity index is 1.27. The van der Waals surface area contributed by atoms with Gasteiger partial charge in [-0.2, -0.15) is 4.98 Å². The molecule has 0 aliphatic carbocycles. The van der Waals surface area contributed by atoms with Gasteiger partial charge in [0.05, 0.1) is 30.2 Å². The van der Waals surface area contributed by atoms with Crippen LogP contribution in [0, 0.1) is 0 Å². The number of ether oxygens (including phenoxy) is 1. The number of ketones is 1. The molecule has 9 nitrogen and oxygen atoms in total. The molecule has 0 unspecified atom stereocenters. The molecule has 1 aliphatic rings. The number of carbonyl (C=O) groups excluding carboxylic acids is 2. The molecule has 3 N–H and O–H groups in total. The van der Waals surface area contributed by atoms with Crippen LogP contribution < -0.4 is 25.6 Å². The molecule has 10 heteroatoms. The Morgan fingerprint density at radius 3 is 2.49 bits per heavy atom. The van der Waals surface area contributed by atoms with E-state index in [0.717, 1.165) is 42.8 Å². The zero-order chi connectivity index (χ0) is 31.9. The van der Waals surface area contributed by atoms with E-state index in [2.05, 4.69) is 43.0 Å². The third-order valence-corrected chi connectivity index (χ3v) is 8.03. The maximum Gasteiger partial charge on any atom is 0.253 e. The lowest BCUT2D eigenvalue weighted by Gasteiger charge is -2.34. The molecule has 1 amide bonds. The first-order chi connectivity index (χ1) is 21.7. The molecule has 1 saturated heterocycles. The molecule has 1 aromatic heterocycles. The zero-order valence-electron chi connectivity index (χ0n) is 25.9. The summed E-state index contributed by atoms with van der Waals surface area (Å²) in [7, 11) is 3.21. The average Bonchev–Trinajstić information content (AvgIpc) is 3.06. The van der Waals surface area contributed by atoms with Crippen molar-refractivity contribution >= 4 is 52.1 Å². The molecule has 0 radical (unpaired) electrons. The van der Waals surface area contributed by atoms with Crippen LogP contribution in [-0.4, -0.2) is 48.9 Å². The molecule has 3 aromatic carbocycles. The van der Waals surface area contributed by atoms with Gasteiger partial charge >= 0.3 is 0 Å². The number of para-hydroxylation sites is 1. The lowest BCUT2D eigenvalue weighted by molar-refractivity contribution is 0.0963. The van der Waals surface area contributed by atoms with E-state index >= 15 is 0 Å². The first kappa shape index (κ1) is 31.5. The van der Waals surface area contributed by atoms with Gasteiger partial charge in [0.15, 0.2) is 11.6 Å². The Labute approximate surface area is 268 Å². The third-order valence-electron chi connectivity index (χ3n) is 7.75. The van der Waals surface area contributed by atoms with Gasteiger partial charge in [-0.25, -0.2) is 4.98 Å². The van der Waals surface area contributed by atoms with Crippen molar-refractivity contribution in [2.45, 2.75) is 32.6 Å². The standard InChI is InChI=1S/C35H37ClN6O3/c1-22(2)18-31(43)25-9-7-8-24(19-25)23-14-16-42(17-15-23)26-12-13-30(32(20-26)45-4)40-35-38-21-28(36)33(41-35)39-29-11-6-5-10-27(29)34(44)37-3/h5-13,18-21,23H,14-17H2,1-4H3,(H,37,44)(H2,38,39,40,41). The molecule has 232 valence electrons. The van der Waals surface area contributed by atoms with Crippen molar-refractivity contribution in [3.63, 3.8) is 0 Å². The van der Waals surface area contributed by atoms with E-state index in [1.165, 1.54) is 11.8 Å². The number of hydrogen-bond donors (Lipinski definition) is 3. The molecule has 45 heavy (non-hydrogen) atoms. The van der Waals surface area contributed by atoms with Gasteiger partial charge in [0, 0.05) is 37.5 Å². The fourth-order valence-electron chi connectivity index (χ4n) is 5.43. The van der Waals surface area contributed by atoms with Gasteiger partial charge in [0.1, 0.15) is 10.8 Å². The Bertz CT molecular complexity index is 1730. The van der Waals surface area contributed by atoms with Crippen LogP contribution in [0.4, 0.5) is 28.8 Å². The highest BCUT2D eigenvalue weighted by atomic mass is 35.5. The summed E-state index contributed by atoms with van der Waals surface area (Å²) < 4.78 is 5.74. The fourth-order valence-corrected chi connectivity index (χ4v) is 5.57. The van der Waals surface area contributed by atoms with Crippen LogP contribution >= 0.6 is 11.6 Å². The topological polar surface area (TPSA) is 108 Å². The van der Waals surface area contributed by atoms with Gasteiger partial charge < -0.3 is 25.6 Å². The molecule has 1 fully saturated rings. The number of anilines is 5. The Kier molecular flexibility index (Phi) is 9.99. The number of rotatable bonds is 10. The second kappa shape index (κ2) is 14.3. The van der Waals surface area contributed by atoms with Gasteiger partial charge in [0.25, 0.3) is 5.91 Å². The number of hydrogen-bond acceptors (Lipinski definition) is 8. The van der Waals surface area contributed by atoms with Gasteiger partial charge in [-0.3, -0.25) is 9.59 Å². The molecule has 0 bridgehead atoms. The number of methoxy groups -OCH3 is 1. The highest BCUT2D eigenvalue weighted by Gasteiger charge is 2.22. The maximum atomic E-state index is 12.5. The molecular formula is C35H37ClN6O3. The van der Waals surface area contributed by atoms with Crippen molar-refractivity contribution in [1.82, 2.24) is 15.3 Å². The number of halogens is 1. The number of benzene rings is 3. The molecular weight excluding hydrogens is 588 g/mol. The highest BCUT2D eigenvalue weighted by molar-refractivity contribution is 6.33. The van der Waals surface area contributed by atoms with Gasteiger partial charge in [-0.1, -0.05) is 47.5 Å². The number of aromatic nitrogens is 2. The summed E-state index contributed by atoms with van der Waals surface area (Å²) >= 11 is 6.41. The predicted octanol–water partition coefficient (Wildman–Crippen LogP) is 7.52. The second-order valence-electron chi connectivity index (χ2n) is 11.1. The smallest absolute Gasteiger partial charge is 0.253 e. The Hall–Kier alpha value is -4.89. The monoisotopic (exact) mass is 624 g/mol. The van der Waals surface area contributed by atoms with E-state index in [1.807, 2.05) is 50.2 Å². The number of amides is 1. The first-order valence-electron chi connectivity index (χ1n) is 14.9. The summed E-state index contributed by atoms with van der Waals surface area (Å²) in [5.74, 6) is 1.55. The minimum absolute atomic E-state index is 0.0536. The molecule has 4 aromatic rings. The van der Waals surface area contributed by atoms with Gasteiger partial charge in [-0.05, 0) is 74.6 Å². The van der Waals surface area contributed by atoms with E-state index in [-0.39, 0.29) is 11.7 Å². The van der Waals surface area contributed by atoms with Crippen LogP contribution in [0.5, 0.6) is 5.75 Å². The molecule has 0 saturated carbocycles. The van der Waals surface area contributed by atoms with Crippen molar-refractivity contribution in [1.29, 1.82) is 0 Å². The number of carbonyl (C=O) groups is 2. The van der Waals surface area contributed by atoms with Crippen molar-refractivity contribution < 1.29 is 14.3 Å².